The van der Waals surface area contributed by atoms with Crippen LogP contribution < -0.4 is 10.9 Å². The van der Waals surface area contributed by atoms with Crippen molar-refractivity contribution >= 4 is 17.3 Å². The number of halogens is 2. The third kappa shape index (κ3) is 2.48. The van der Waals surface area contributed by atoms with Gasteiger partial charge in [-0.2, -0.15) is 0 Å². The zero-order valence-corrected chi connectivity index (χ0v) is 11.2. The molecule has 1 aliphatic heterocycles. The van der Waals surface area contributed by atoms with Gasteiger partial charge in [0, 0.05) is 10.6 Å². The lowest BCUT2D eigenvalue weighted by molar-refractivity contribution is 0.470. The summed E-state index contributed by atoms with van der Waals surface area (Å²) in [6, 6.07) is 11.2. The Morgan fingerprint density at radius 2 is 1.85 bits per heavy atom. The molecule has 20 heavy (non-hydrogen) atoms. The van der Waals surface area contributed by atoms with Crippen molar-refractivity contribution in [1.82, 2.24) is 10.9 Å². The van der Waals surface area contributed by atoms with Crippen LogP contribution in [0.3, 0.4) is 0 Å². The number of benzene rings is 2. The van der Waals surface area contributed by atoms with Crippen molar-refractivity contribution in [2.45, 2.75) is 6.04 Å². The molecule has 1 aliphatic rings. The average molecular weight is 291 g/mol. The van der Waals surface area contributed by atoms with Gasteiger partial charge < -0.3 is 10.5 Å². The second-order valence-corrected chi connectivity index (χ2v) is 4.98. The highest BCUT2D eigenvalue weighted by Crippen LogP contribution is 2.30. The van der Waals surface area contributed by atoms with Crippen LogP contribution in [-0.4, -0.2) is 5.11 Å². The standard InChI is InChI=1S/C15H12ClFN2O/c16-10-3-1-9(2-4-10)13-8-14(19-18-13)12-7-11(17)5-6-15(12)20/h1-8,13,18-20H. The quantitative estimate of drug-likeness (QED) is 0.794. The molecule has 3 rings (SSSR count). The molecule has 3 N–H and O–H groups in total. The molecule has 1 heterocycles. The molecule has 1 unspecified atom stereocenters. The summed E-state index contributed by atoms with van der Waals surface area (Å²) < 4.78 is 13.3. The molecule has 0 spiro atoms. The number of hydrazine groups is 1. The van der Waals surface area contributed by atoms with Gasteiger partial charge in [0.25, 0.3) is 0 Å². The highest BCUT2D eigenvalue weighted by molar-refractivity contribution is 6.30. The Kier molecular flexibility index (Phi) is 3.34. The van der Waals surface area contributed by atoms with Crippen molar-refractivity contribution in [2.75, 3.05) is 0 Å². The van der Waals surface area contributed by atoms with Crippen molar-refractivity contribution in [2.24, 2.45) is 0 Å². The van der Waals surface area contributed by atoms with Gasteiger partial charge in [-0.25, -0.2) is 9.82 Å². The molecule has 0 saturated carbocycles. The number of hydrogen-bond donors (Lipinski definition) is 3. The van der Waals surface area contributed by atoms with E-state index in [2.05, 4.69) is 10.9 Å². The Balaban J connectivity index is 1.91. The molecular weight excluding hydrogens is 279 g/mol. The zero-order valence-electron chi connectivity index (χ0n) is 10.4. The van der Waals surface area contributed by atoms with Gasteiger partial charge in [-0.3, -0.25) is 0 Å². The van der Waals surface area contributed by atoms with Crippen LogP contribution in [0.15, 0.2) is 48.5 Å². The second kappa shape index (κ2) is 5.15. The molecule has 0 aliphatic carbocycles. The van der Waals surface area contributed by atoms with Gasteiger partial charge in [0.15, 0.2) is 0 Å². The SMILES string of the molecule is Oc1ccc(F)cc1C1=CC(c2ccc(Cl)cc2)NN1. The summed E-state index contributed by atoms with van der Waals surface area (Å²) >= 11 is 5.85. The van der Waals surface area contributed by atoms with Gasteiger partial charge in [0.1, 0.15) is 11.6 Å². The summed E-state index contributed by atoms with van der Waals surface area (Å²) in [5, 5.41) is 10.5. The fourth-order valence-corrected chi connectivity index (χ4v) is 2.26. The van der Waals surface area contributed by atoms with Crippen LogP contribution in [0.4, 0.5) is 4.39 Å². The lowest BCUT2D eigenvalue weighted by Gasteiger charge is -2.09. The maximum absolute atomic E-state index is 13.3. The van der Waals surface area contributed by atoms with Gasteiger partial charge in [-0.05, 0) is 42.0 Å². The first-order valence-corrected chi connectivity index (χ1v) is 6.49. The Hall–Kier alpha value is -2.04. The Labute approximate surface area is 120 Å². The highest BCUT2D eigenvalue weighted by Gasteiger charge is 2.19. The molecule has 3 nitrogen and oxygen atoms in total. The van der Waals surface area contributed by atoms with E-state index in [1.807, 2.05) is 30.3 Å². The van der Waals surface area contributed by atoms with Crippen molar-refractivity contribution in [3.8, 4) is 5.75 Å². The summed E-state index contributed by atoms with van der Waals surface area (Å²) in [6.45, 7) is 0. The van der Waals surface area contributed by atoms with Gasteiger partial charge >= 0.3 is 0 Å². The van der Waals surface area contributed by atoms with E-state index in [4.69, 9.17) is 11.6 Å². The molecule has 102 valence electrons. The number of phenols is 1. The van der Waals surface area contributed by atoms with E-state index >= 15 is 0 Å². The van der Waals surface area contributed by atoms with Crippen LogP contribution in [0.25, 0.3) is 5.70 Å². The van der Waals surface area contributed by atoms with Crippen molar-refractivity contribution < 1.29 is 9.50 Å². The van der Waals surface area contributed by atoms with Gasteiger partial charge in [-0.15, -0.1) is 0 Å². The number of phenolic OH excluding ortho intramolecular Hbond substituents is 1. The molecule has 0 radical (unpaired) electrons. The molecule has 0 saturated heterocycles. The van der Waals surface area contributed by atoms with Crippen LogP contribution in [0.1, 0.15) is 17.2 Å². The minimum Gasteiger partial charge on any atom is -0.507 e. The van der Waals surface area contributed by atoms with Crippen LogP contribution in [-0.2, 0) is 0 Å². The second-order valence-electron chi connectivity index (χ2n) is 4.54. The van der Waals surface area contributed by atoms with Crippen LogP contribution in [0, 0.1) is 5.82 Å². The van der Waals surface area contributed by atoms with E-state index in [-0.39, 0.29) is 11.8 Å². The fraction of sp³-hybridized carbons (Fsp3) is 0.0667. The molecule has 0 amide bonds. The molecule has 2 aromatic carbocycles. The molecule has 2 aromatic rings. The molecule has 5 heteroatoms. The highest BCUT2D eigenvalue weighted by atomic mass is 35.5. The first-order valence-electron chi connectivity index (χ1n) is 6.11. The maximum atomic E-state index is 13.3. The molecule has 0 fully saturated rings. The van der Waals surface area contributed by atoms with Crippen LogP contribution in [0.5, 0.6) is 5.75 Å². The van der Waals surface area contributed by atoms with E-state index in [9.17, 15) is 9.50 Å². The van der Waals surface area contributed by atoms with Gasteiger partial charge in [-0.1, -0.05) is 23.7 Å². The third-order valence-corrected chi connectivity index (χ3v) is 3.43. The zero-order chi connectivity index (χ0) is 14.1. The third-order valence-electron chi connectivity index (χ3n) is 3.17. The minimum absolute atomic E-state index is 0.0312. The van der Waals surface area contributed by atoms with Crippen LogP contribution >= 0.6 is 11.6 Å². The smallest absolute Gasteiger partial charge is 0.125 e. The summed E-state index contributed by atoms with van der Waals surface area (Å²) in [4.78, 5) is 0. The number of hydrogen-bond acceptors (Lipinski definition) is 3. The lowest BCUT2D eigenvalue weighted by atomic mass is 10.1. The molecule has 1 atom stereocenters. The predicted molar refractivity (Wildman–Crippen MR) is 76.5 cm³/mol. The van der Waals surface area contributed by atoms with Gasteiger partial charge in [0.2, 0.25) is 0 Å². The minimum atomic E-state index is -0.393. The summed E-state index contributed by atoms with van der Waals surface area (Å²) in [5.74, 6) is -0.362. The summed E-state index contributed by atoms with van der Waals surface area (Å²) in [5.41, 5.74) is 8.11. The normalized spacial score (nSPS) is 17.7. The fourth-order valence-electron chi connectivity index (χ4n) is 2.14. The van der Waals surface area contributed by atoms with Crippen molar-refractivity contribution in [3.05, 3.63) is 70.5 Å². The monoisotopic (exact) mass is 290 g/mol. The largest absolute Gasteiger partial charge is 0.507 e. The van der Waals surface area contributed by atoms with Crippen molar-refractivity contribution in [3.63, 3.8) is 0 Å². The molecular formula is C15H12ClFN2O. The van der Waals surface area contributed by atoms with Gasteiger partial charge in [0.05, 0.1) is 11.7 Å². The maximum Gasteiger partial charge on any atom is 0.125 e. The lowest BCUT2D eigenvalue weighted by Crippen LogP contribution is -2.26. The van der Waals surface area contributed by atoms with E-state index in [1.165, 1.54) is 18.2 Å². The Morgan fingerprint density at radius 3 is 2.60 bits per heavy atom. The predicted octanol–water partition coefficient (Wildman–Crippen LogP) is 3.37. The van der Waals surface area contributed by atoms with E-state index in [0.29, 0.717) is 16.3 Å². The molecule has 0 aromatic heterocycles. The van der Waals surface area contributed by atoms with Crippen LogP contribution in [0.2, 0.25) is 5.02 Å². The number of aromatic hydroxyl groups is 1. The van der Waals surface area contributed by atoms with Crippen molar-refractivity contribution in [1.29, 1.82) is 0 Å². The topological polar surface area (TPSA) is 44.3 Å². The number of nitrogens with one attached hydrogen (secondary N) is 2. The number of rotatable bonds is 2. The first kappa shape index (κ1) is 13.0. The average Bonchev–Trinajstić information content (AvgIpc) is 2.92. The van der Waals surface area contributed by atoms with E-state index in [0.717, 1.165) is 5.56 Å². The first-order chi connectivity index (χ1) is 9.63. The Bertz CT molecular complexity index is 670. The summed E-state index contributed by atoms with van der Waals surface area (Å²) in [7, 11) is 0. The Morgan fingerprint density at radius 1 is 1.10 bits per heavy atom. The summed E-state index contributed by atoms with van der Waals surface area (Å²) in [6.07, 6.45) is 1.89. The van der Waals surface area contributed by atoms with E-state index in [1.54, 1.807) is 0 Å². The molecule has 0 bridgehead atoms. The van der Waals surface area contributed by atoms with E-state index < -0.39 is 5.82 Å².